The lowest BCUT2D eigenvalue weighted by Crippen LogP contribution is -2.44. The van der Waals surface area contributed by atoms with E-state index in [1.165, 1.54) is 0 Å². The first-order valence-electron chi connectivity index (χ1n) is 8.67. The Morgan fingerprint density at radius 3 is 2.64 bits per heavy atom. The second-order valence-corrected chi connectivity index (χ2v) is 6.32. The molecule has 0 radical (unpaired) electrons. The van der Waals surface area contributed by atoms with Gasteiger partial charge < -0.3 is 16.0 Å². The van der Waals surface area contributed by atoms with Crippen molar-refractivity contribution in [2.24, 2.45) is 5.73 Å². The van der Waals surface area contributed by atoms with Crippen molar-refractivity contribution in [3.63, 3.8) is 0 Å². The van der Waals surface area contributed by atoms with Crippen molar-refractivity contribution in [2.75, 3.05) is 31.1 Å². The van der Waals surface area contributed by atoms with Crippen LogP contribution in [0.3, 0.4) is 0 Å². The molecule has 1 aromatic heterocycles. The number of nitrogens with zero attached hydrogens (tertiary/aromatic N) is 2. The number of benzene rings is 2. The molecule has 4 rings (SSSR count). The maximum absolute atomic E-state index is 12.0. The number of carbonyl (C=O) groups is 1. The number of fused-ring (bicyclic) bond motifs is 1. The molecular formula is C20H22N4O. The third-order valence-corrected chi connectivity index (χ3v) is 4.83. The molecule has 5 heteroatoms. The smallest absolute Gasteiger partial charge is 0.154 e. The minimum atomic E-state index is 0.497. The standard InChI is InChI=1S/C20H22N4O/c21-13-15-4-3-5-16(12-15)24-19-7-2-1-6-17(19)18(14-25)20(24)23-10-8-22-9-11-23/h1-7,12,14,22H,8-11,13,21H2. The number of anilines is 1. The average Bonchev–Trinajstić information content (AvgIpc) is 3.03. The van der Waals surface area contributed by atoms with Crippen LogP contribution in [0.15, 0.2) is 48.5 Å². The van der Waals surface area contributed by atoms with E-state index in [0.717, 1.165) is 66.0 Å². The number of carbonyl (C=O) groups excluding carboxylic acids is 1. The number of aromatic nitrogens is 1. The molecule has 1 aliphatic rings. The van der Waals surface area contributed by atoms with Gasteiger partial charge in [-0.1, -0.05) is 30.3 Å². The van der Waals surface area contributed by atoms with E-state index in [0.29, 0.717) is 6.54 Å². The first-order valence-corrected chi connectivity index (χ1v) is 8.67. The summed E-state index contributed by atoms with van der Waals surface area (Å²) in [6, 6.07) is 16.3. The second kappa shape index (κ2) is 6.70. The van der Waals surface area contributed by atoms with Gasteiger partial charge in [0.25, 0.3) is 0 Å². The van der Waals surface area contributed by atoms with Crippen LogP contribution in [0, 0.1) is 0 Å². The summed E-state index contributed by atoms with van der Waals surface area (Å²) in [4.78, 5) is 14.3. The van der Waals surface area contributed by atoms with Crippen molar-refractivity contribution in [3.8, 4) is 5.69 Å². The fourth-order valence-electron chi connectivity index (χ4n) is 3.64. The number of hydrogen-bond donors (Lipinski definition) is 2. The van der Waals surface area contributed by atoms with Crippen molar-refractivity contribution < 1.29 is 4.79 Å². The highest BCUT2D eigenvalue weighted by Gasteiger charge is 2.23. The number of piperazine rings is 1. The van der Waals surface area contributed by atoms with Crippen LogP contribution >= 0.6 is 0 Å². The summed E-state index contributed by atoms with van der Waals surface area (Å²) in [5.74, 6) is 0.979. The van der Waals surface area contributed by atoms with Crippen LogP contribution in [-0.4, -0.2) is 37.0 Å². The van der Waals surface area contributed by atoms with Crippen LogP contribution in [0.4, 0.5) is 5.82 Å². The van der Waals surface area contributed by atoms with E-state index in [1.807, 2.05) is 30.3 Å². The van der Waals surface area contributed by atoms with E-state index >= 15 is 0 Å². The van der Waals surface area contributed by atoms with Crippen LogP contribution in [0.2, 0.25) is 0 Å². The van der Waals surface area contributed by atoms with E-state index in [2.05, 4.69) is 33.0 Å². The largest absolute Gasteiger partial charge is 0.355 e. The molecule has 0 spiro atoms. The highest BCUT2D eigenvalue weighted by Crippen LogP contribution is 2.35. The molecule has 0 amide bonds. The van der Waals surface area contributed by atoms with Crippen LogP contribution < -0.4 is 16.0 Å². The van der Waals surface area contributed by atoms with Gasteiger partial charge in [0.15, 0.2) is 6.29 Å². The summed E-state index contributed by atoms with van der Waals surface area (Å²) in [6.45, 7) is 4.10. The van der Waals surface area contributed by atoms with Gasteiger partial charge in [0, 0.05) is 43.8 Å². The van der Waals surface area contributed by atoms with E-state index in [1.54, 1.807) is 0 Å². The molecule has 0 atom stereocenters. The second-order valence-electron chi connectivity index (χ2n) is 6.32. The highest BCUT2D eigenvalue weighted by atomic mass is 16.1. The minimum Gasteiger partial charge on any atom is -0.355 e. The Balaban J connectivity index is 2.01. The van der Waals surface area contributed by atoms with E-state index in [-0.39, 0.29) is 0 Å². The molecule has 0 bridgehead atoms. The van der Waals surface area contributed by atoms with E-state index in [9.17, 15) is 4.79 Å². The van der Waals surface area contributed by atoms with Crippen molar-refractivity contribution in [3.05, 3.63) is 59.7 Å². The van der Waals surface area contributed by atoms with Crippen molar-refractivity contribution in [2.45, 2.75) is 6.54 Å². The zero-order chi connectivity index (χ0) is 17.2. The number of rotatable bonds is 4. The van der Waals surface area contributed by atoms with E-state index < -0.39 is 0 Å². The molecule has 0 saturated carbocycles. The Morgan fingerprint density at radius 1 is 1.08 bits per heavy atom. The predicted molar refractivity (Wildman–Crippen MR) is 102 cm³/mol. The molecule has 1 aliphatic heterocycles. The summed E-state index contributed by atoms with van der Waals surface area (Å²) in [7, 11) is 0. The fraction of sp³-hybridized carbons (Fsp3) is 0.250. The van der Waals surface area contributed by atoms with Crippen LogP contribution in [0.25, 0.3) is 16.6 Å². The molecule has 128 valence electrons. The third-order valence-electron chi connectivity index (χ3n) is 4.83. The first-order chi connectivity index (χ1) is 12.3. The number of nitrogens with two attached hydrogens (primary N) is 1. The van der Waals surface area contributed by atoms with Gasteiger partial charge in [0.05, 0.1) is 11.1 Å². The van der Waals surface area contributed by atoms with Gasteiger partial charge in [-0.3, -0.25) is 9.36 Å². The molecule has 3 N–H and O–H groups in total. The van der Waals surface area contributed by atoms with Gasteiger partial charge in [-0.25, -0.2) is 0 Å². The van der Waals surface area contributed by atoms with Crippen LogP contribution in [0.5, 0.6) is 0 Å². The summed E-state index contributed by atoms with van der Waals surface area (Å²) in [5.41, 5.74) is 9.77. The molecule has 25 heavy (non-hydrogen) atoms. The normalized spacial score (nSPS) is 14.8. The summed E-state index contributed by atoms with van der Waals surface area (Å²) in [6.07, 6.45) is 0.989. The molecular weight excluding hydrogens is 312 g/mol. The molecule has 0 unspecified atom stereocenters. The topological polar surface area (TPSA) is 63.3 Å². The summed E-state index contributed by atoms with van der Waals surface area (Å²) in [5, 5.41) is 4.37. The number of aldehydes is 1. The van der Waals surface area contributed by atoms with Crippen molar-refractivity contribution >= 4 is 23.0 Å². The summed E-state index contributed by atoms with van der Waals surface area (Å²) < 4.78 is 2.20. The maximum atomic E-state index is 12.0. The van der Waals surface area contributed by atoms with Gasteiger partial charge >= 0.3 is 0 Å². The Hall–Kier alpha value is -2.63. The Bertz CT molecular complexity index is 909. The molecule has 1 fully saturated rings. The van der Waals surface area contributed by atoms with Crippen molar-refractivity contribution in [1.82, 2.24) is 9.88 Å². The number of para-hydroxylation sites is 1. The predicted octanol–water partition coefficient (Wildman–Crippen LogP) is 2.31. The number of nitrogens with one attached hydrogen (secondary N) is 1. The summed E-state index contributed by atoms with van der Waals surface area (Å²) >= 11 is 0. The third kappa shape index (κ3) is 2.71. The zero-order valence-corrected chi connectivity index (χ0v) is 14.1. The maximum Gasteiger partial charge on any atom is 0.154 e. The van der Waals surface area contributed by atoms with Crippen LogP contribution in [0.1, 0.15) is 15.9 Å². The molecule has 2 heterocycles. The van der Waals surface area contributed by atoms with E-state index in [4.69, 9.17) is 5.73 Å². The van der Waals surface area contributed by atoms with Crippen LogP contribution in [-0.2, 0) is 6.54 Å². The molecule has 5 nitrogen and oxygen atoms in total. The van der Waals surface area contributed by atoms with Gasteiger partial charge in [0.1, 0.15) is 5.82 Å². The highest BCUT2D eigenvalue weighted by molar-refractivity contribution is 6.05. The Kier molecular flexibility index (Phi) is 4.26. The Morgan fingerprint density at radius 2 is 1.88 bits per heavy atom. The number of hydrogen-bond acceptors (Lipinski definition) is 4. The molecule has 0 aliphatic carbocycles. The van der Waals surface area contributed by atoms with Gasteiger partial charge in [-0.05, 0) is 23.8 Å². The minimum absolute atomic E-state index is 0.497. The van der Waals surface area contributed by atoms with Gasteiger partial charge in [0.2, 0.25) is 0 Å². The van der Waals surface area contributed by atoms with Crippen molar-refractivity contribution in [1.29, 1.82) is 0 Å². The lowest BCUT2D eigenvalue weighted by Gasteiger charge is -2.31. The van der Waals surface area contributed by atoms with Gasteiger partial charge in [-0.15, -0.1) is 0 Å². The SMILES string of the molecule is NCc1cccc(-n2c(N3CCNCC3)c(C=O)c3ccccc32)c1. The fourth-order valence-corrected chi connectivity index (χ4v) is 3.64. The first kappa shape index (κ1) is 15.9. The molecule has 3 aromatic rings. The average molecular weight is 334 g/mol. The quantitative estimate of drug-likeness (QED) is 0.719. The Labute approximate surface area is 147 Å². The lowest BCUT2D eigenvalue weighted by atomic mass is 10.2. The zero-order valence-electron chi connectivity index (χ0n) is 14.1. The lowest BCUT2D eigenvalue weighted by molar-refractivity contribution is 0.112. The van der Waals surface area contributed by atoms with Gasteiger partial charge in [-0.2, -0.15) is 0 Å². The molecule has 2 aromatic carbocycles. The molecule has 1 saturated heterocycles. The monoisotopic (exact) mass is 334 g/mol.